The minimum absolute atomic E-state index is 0. The third-order valence-corrected chi connectivity index (χ3v) is 6.84. The second-order valence-electron chi connectivity index (χ2n) is 7.73. The van der Waals surface area contributed by atoms with E-state index in [1.807, 2.05) is 6.20 Å². The third kappa shape index (κ3) is 4.60. The van der Waals surface area contributed by atoms with E-state index < -0.39 is 0 Å². The number of aliphatic hydroxyl groups is 1. The molecule has 1 atom stereocenters. The van der Waals surface area contributed by atoms with Gasteiger partial charge in [-0.3, -0.25) is 4.68 Å². The molecule has 1 fully saturated rings. The molecule has 9 heteroatoms. The van der Waals surface area contributed by atoms with Crippen LogP contribution in [0.15, 0.2) is 47.5 Å². The smallest absolute Gasteiger partial charge is 0.131 e. The Hall–Kier alpha value is -1.29. The molecule has 4 N–H and O–H groups in total. The molecular weight excluding hydrogens is 485 g/mol. The number of thioether (sulfide) groups is 1. The Balaban J connectivity index is 0.000000883. The van der Waals surface area contributed by atoms with Crippen molar-refractivity contribution in [2.45, 2.75) is 29.7 Å². The van der Waals surface area contributed by atoms with E-state index in [4.69, 9.17) is 21.8 Å². The van der Waals surface area contributed by atoms with Crippen LogP contribution in [0.1, 0.15) is 18.5 Å². The van der Waals surface area contributed by atoms with Crippen LogP contribution in [0.3, 0.4) is 0 Å². The molecule has 1 saturated heterocycles. The van der Waals surface area contributed by atoms with Crippen LogP contribution in [-0.4, -0.2) is 51.3 Å². The number of hydrogen-bond acceptors (Lipinski definition) is 6. The topological polar surface area (TPSA) is 104 Å². The number of anilines is 1. The van der Waals surface area contributed by atoms with Gasteiger partial charge in [0.25, 0.3) is 0 Å². The number of nitrogens with two attached hydrogens (primary N) is 1. The van der Waals surface area contributed by atoms with E-state index in [2.05, 4.69) is 52.3 Å². The average molecular weight is 512 g/mol. The van der Waals surface area contributed by atoms with Crippen LogP contribution in [0.4, 0.5) is 5.82 Å². The molecular formula is C22H27N6OSY-. The van der Waals surface area contributed by atoms with Gasteiger partial charge in [-0.2, -0.15) is 5.10 Å². The number of nitrogen functional groups attached to an aromatic ring is 1. The maximum Gasteiger partial charge on any atom is 0.131 e. The Morgan fingerprint density at radius 2 is 1.81 bits per heavy atom. The van der Waals surface area contributed by atoms with Crippen molar-refractivity contribution < 1.29 is 37.8 Å². The first kappa shape index (κ1) is 24.4. The normalized spacial score (nSPS) is 19.6. The monoisotopic (exact) mass is 512 g/mol. The molecule has 2 aromatic heterocycles. The van der Waals surface area contributed by atoms with Crippen molar-refractivity contribution in [1.82, 2.24) is 19.8 Å². The Morgan fingerprint density at radius 3 is 2.45 bits per heavy atom. The molecule has 1 spiro atoms. The number of rotatable bonds is 3. The molecule has 7 nitrogen and oxygen atoms in total. The zero-order chi connectivity index (χ0) is 21.3. The number of benzene rings is 1. The van der Waals surface area contributed by atoms with Gasteiger partial charge in [-0.05, 0) is 62.0 Å². The van der Waals surface area contributed by atoms with E-state index in [1.165, 1.54) is 10.6 Å². The molecule has 1 unspecified atom stereocenters. The number of nitrogens with one attached hydrogen (secondary N) is 1. The largest absolute Gasteiger partial charge is 0.610 e. The number of pyridine rings is 1. The van der Waals surface area contributed by atoms with Gasteiger partial charge >= 0.3 is 0 Å². The van der Waals surface area contributed by atoms with E-state index in [0.717, 1.165) is 62.0 Å². The maximum absolute atomic E-state index is 7.99. The van der Waals surface area contributed by atoms with E-state index in [1.54, 1.807) is 16.8 Å². The molecule has 2 aliphatic rings. The molecule has 0 aliphatic carbocycles. The Kier molecular flexibility index (Phi) is 7.94. The van der Waals surface area contributed by atoms with Crippen molar-refractivity contribution in [1.29, 1.82) is 0 Å². The van der Waals surface area contributed by atoms with E-state index >= 15 is 0 Å². The third-order valence-electron chi connectivity index (χ3n) is 6.09. The zero-order valence-electron chi connectivity index (χ0n) is 17.9. The summed E-state index contributed by atoms with van der Waals surface area (Å²) in [5.41, 5.74) is 11.5. The molecule has 0 amide bonds. The summed E-state index contributed by atoms with van der Waals surface area (Å²) in [7, 11) is 1.00. The molecule has 2 aliphatic heterocycles. The Morgan fingerprint density at radius 1 is 1.10 bits per heavy atom. The van der Waals surface area contributed by atoms with Crippen molar-refractivity contribution in [3.05, 3.63) is 54.1 Å². The molecule has 0 saturated carbocycles. The molecule has 1 aromatic carbocycles. The van der Waals surface area contributed by atoms with Gasteiger partial charge < -0.3 is 21.7 Å². The summed E-state index contributed by atoms with van der Waals surface area (Å²) in [5.74, 6) is 8.52. The second-order valence-corrected chi connectivity index (χ2v) is 8.60. The molecule has 1 radical (unpaired) electrons. The van der Waals surface area contributed by atoms with Gasteiger partial charge in [0.2, 0.25) is 0 Å². The molecule has 0 bridgehead atoms. The summed E-state index contributed by atoms with van der Waals surface area (Å²) in [6.07, 6.45) is 6.00. The molecule has 161 valence electrons. The SMILES string of the molecule is CO.CSc1ccc(-c2cc(-c3cc4n(n3)CCC43CCN([NH-])C3)cnc2N)cc1.[Y]. The predicted molar refractivity (Wildman–Crippen MR) is 122 cm³/mol. The van der Waals surface area contributed by atoms with Gasteiger partial charge in [0.05, 0.1) is 5.69 Å². The molecule has 4 heterocycles. The van der Waals surface area contributed by atoms with Gasteiger partial charge in [0, 0.05) is 79.7 Å². The summed E-state index contributed by atoms with van der Waals surface area (Å²) in [6, 6.07) is 12.7. The summed E-state index contributed by atoms with van der Waals surface area (Å²) in [5, 5.41) is 13.5. The Bertz CT molecular complexity index is 1040. The van der Waals surface area contributed by atoms with E-state index in [9.17, 15) is 0 Å². The number of aromatic nitrogens is 3. The van der Waals surface area contributed by atoms with E-state index in [0.29, 0.717) is 5.82 Å². The fraction of sp³-hybridized carbons (Fsp3) is 0.364. The summed E-state index contributed by atoms with van der Waals surface area (Å²) in [4.78, 5) is 5.67. The van der Waals surface area contributed by atoms with Crippen LogP contribution >= 0.6 is 11.8 Å². The second kappa shape index (κ2) is 10.1. The van der Waals surface area contributed by atoms with Crippen molar-refractivity contribution >= 4 is 17.6 Å². The van der Waals surface area contributed by atoms with Crippen LogP contribution in [0, 0.1) is 0 Å². The number of aryl methyl sites for hydroxylation is 1. The average Bonchev–Trinajstić information content (AvgIpc) is 3.47. The van der Waals surface area contributed by atoms with Crippen LogP contribution in [0.2, 0.25) is 0 Å². The summed E-state index contributed by atoms with van der Waals surface area (Å²) in [6.45, 7) is 2.56. The zero-order valence-corrected chi connectivity index (χ0v) is 21.5. The molecule has 5 rings (SSSR count). The van der Waals surface area contributed by atoms with Crippen LogP contribution in [0.25, 0.3) is 28.2 Å². The number of fused-ring (bicyclic) bond motifs is 2. The first-order valence-corrected chi connectivity index (χ1v) is 11.2. The van der Waals surface area contributed by atoms with Crippen molar-refractivity contribution in [3.8, 4) is 22.4 Å². The van der Waals surface area contributed by atoms with E-state index in [-0.39, 0.29) is 38.1 Å². The van der Waals surface area contributed by atoms with Crippen LogP contribution in [-0.2, 0) is 44.7 Å². The minimum atomic E-state index is 0. The number of hydrogen-bond donors (Lipinski definition) is 2. The van der Waals surface area contributed by atoms with Crippen LogP contribution < -0.4 is 5.73 Å². The van der Waals surface area contributed by atoms with Gasteiger partial charge in [-0.1, -0.05) is 12.1 Å². The van der Waals surface area contributed by atoms with Gasteiger partial charge in [0.1, 0.15) is 5.82 Å². The standard InChI is InChI=1S/C21H23N6S.CH4O.Y/c1-28-16-4-2-14(3-5-16)17-10-15(12-24-20(17)22)18-11-19-21(6-8-26(23)13-21)7-9-27(19)25-18;1-2;/h2-5,10-12,23H,6-9,13H2,1H3,(H2,22,24);2H,1H3;/q-1;;. The van der Waals surface area contributed by atoms with Crippen molar-refractivity contribution in [2.75, 3.05) is 32.2 Å². The number of nitrogens with zero attached hydrogens (tertiary/aromatic N) is 4. The van der Waals surface area contributed by atoms with Crippen LogP contribution in [0.5, 0.6) is 0 Å². The fourth-order valence-electron chi connectivity index (χ4n) is 4.51. The van der Waals surface area contributed by atoms with Crippen molar-refractivity contribution in [3.63, 3.8) is 0 Å². The predicted octanol–water partition coefficient (Wildman–Crippen LogP) is 3.84. The van der Waals surface area contributed by atoms with Crippen molar-refractivity contribution in [2.24, 2.45) is 0 Å². The molecule has 3 aromatic rings. The quantitative estimate of drug-likeness (QED) is 0.517. The first-order chi connectivity index (χ1) is 14.6. The number of aliphatic hydroxyl groups excluding tert-OH is 1. The fourth-order valence-corrected chi connectivity index (χ4v) is 4.91. The minimum Gasteiger partial charge on any atom is -0.610 e. The first-order valence-electron chi connectivity index (χ1n) is 9.97. The van der Waals surface area contributed by atoms with Gasteiger partial charge in [-0.25, -0.2) is 4.98 Å². The van der Waals surface area contributed by atoms with Gasteiger partial charge in [0.15, 0.2) is 0 Å². The summed E-state index contributed by atoms with van der Waals surface area (Å²) < 4.78 is 2.12. The van der Waals surface area contributed by atoms with Gasteiger partial charge in [-0.15, -0.1) is 11.8 Å². The summed E-state index contributed by atoms with van der Waals surface area (Å²) >= 11 is 1.72. The maximum atomic E-state index is 7.99. The Labute approximate surface area is 212 Å². The molecule has 31 heavy (non-hydrogen) atoms.